The Morgan fingerprint density at radius 2 is 1.75 bits per heavy atom. The molecule has 0 unspecified atom stereocenters. The lowest BCUT2D eigenvalue weighted by atomic mass is 10.1. The number of rotatable bonds is 3. The molecule has 0 aliphatic heterocycles. The second-order valence-corrected chi connectivity index (χ2v) is 5.54. The zero-order chi connectivity index (χ0) is 14.9. The Kier molecular flexibility index (Phi) is 4.04. The fourth-order valence-corrected chi connectivity index (χ4v) is 2.62. The Balaban J connectivity index is 2.56. The van der Waals surface area contributed by atoms with Crippen LogP contribution in [0.2, 0.25) is 0 Å². The van der Waals surface area contributed by atoms with Gasteiger partial charge < -0.3 is 10.6 Å². The van der Waals surface area contributed by atoms with Crippen molar-refractivity contribution in [2.24, 2.45) is 5.73 Å². The molecule has 1 aromatic carbocycles. The van der Waals surface area contributed by atoms with Gasteiger partial charge >= 0.3 is 0 Å². The van der Waals surface area contributed by atoms with Gasteiger partial charge in [0, 0.05) is 18.9 Å². The molecular formula is C16H19N3S. The van der Waals surface area contributed by atoms with Crippen LogP contribution in [0.1, 0.15) is 22.3 Å². The molecule has 4 heteroatoms. The van der Waals surface area contributed by atoms with Gasteiger partial charge in [-0.15, -0.1) is 0 Å². The van der Waals surface area contributed by atoms with E-state index in [4.69, 9.17) is 18.0 Å². The van der Waals surface area contributed by atoms with E-state index in [0.717, 1.165) is 22.6 Å². The fraction of sp³-hybridized carbons (Fsp3) is 0.250. The Labute approximate surface area is 125 Å². The molecule has 104 valence electrons. The van der Waals surface area contributed by atoms with E-state index in [-0.39, 0.29) is 0 Å². The number of aromatic nitrogens is 1. The molecule has 0 aliphatic rings. The highest BCUT2D eigenvalue weighted by molar-refractivity contribution is 7.80. The number of anilines is 2. The summed E-state index contributed by atoms with van der Waals surface area (Å²) in [6.07, 6.45) is 1.78. The minimum Gasteiger partial charge on any atom is -0.389 e. The average Bonchev–Trinajstić information content (AvgIpc) is 2.35. The normalized spacial score (nSPS) is 10.4. The minimum atomic E-state index is 0.377. The van der Waals surface area contributed by atoms with E-state index < -0.39 is 0 Å². The molecule has 0 fully saturated rings. The topological polar surface area (TPSA) is 42.2 Å². The van der Waals surface area contributed by atoms with Crippen LogP contribution >= 0.6 is 12.2 Å². The van der Waals surface area contributed by atoms with Crippen LogP contribution in [0.4, 0.5) is 11.5 Å². The molecule has 2 rings (SSSR count). The molecule has 0 amide bonds. The first-order valence-electron chi connectivity index (χ1n) is 6.47. The lowest BCUT2D eigenvalue weighted by Gasteiger charge is -2.23. The third-order valence-electron chi connectivity index (χ3n) is 3.30. The van der Waals surface area contributed by atoms with Crippen molar-refractivity contribution >= 4 is 28.7 Å². The number of aryl methyl sites for hydroxylation is 3. The molecule has 3 nitrogen and oxygen atoms in total. The summed E-state index contributed by atoms with van der Waals surface area (Å²) >= 11 is 5.17. The lowest BCUT2D eigenvalue weighted by Crippen LogP contribution is -2.20. The van der Waals surface area contributed by atoms with Gasteiger partial charge in [-0.05, 0) is 55.7 Å². The van der Waals surface area contributed by atoms with Gasteiger partial charge in [0.25, 0.3) is 0 Å². The van der Waals surface area contributed by atoms with Crippen molar-refractivity contribution in [3.63, 3.8) is 0 Å². The van der Waals surface area contributed by atoms with Crippen molar-refractivity contribution < 1.29 is 0 Å². The summed E-state index contributed by atoms with van der Waals surface area (Å²) in [5.41, 5.74) is 11.3. The predicted molar refractivity (Wildman–Crippen MR) is 88.8 cm³/mol. The number of hydrogen-bond acceptors (Lipinski definition) is 3. The zero-order valence-corrected chi connectivity index (χ0v) is 13.1. The van der Waals surface area contributed by atoms with Gasteiger partial charge in [-0.2, -0.15) is 0 Å². The fourth-order valence-electron chi connectivity index (χ4n) is 2.37. The highest BCUT2D eigenvalue weighted by atomic mass is 32.1. The van der Waals surface area contributed by atoms with Crippen LogP contribution in [0.25, 0.3) is 0 Å². The van der Waals surface area contributed by atoms with Crippen LogP contribution in [-0.4, -0.2) is 17.0 Å². The monoisotopic (exact) mass is 285 g/mol. The van der Waals surface area contributed by atoms with Gasteiger partial charge in [0.2, 0.25) is 0 Å². The predicted octanol–water partition coefficient (Wildman–Crippen LogP) is 3.41. The van der Waals surface area contributed by atoms with Crippen LogP contribution in [0, 0.1) is 20.8 Å². The first-order valence-corrected chi connectivity index (χ1v) is 6.88. The average molecular weight is 285 g/mol. The number of nitrogens with zero attached hydrogens (tertiary/aromatic N) is 2. The molecule has 0 saturated heterocycles. The molecule has 0 radical (unpaired) electrons. The van der Waals surface area contributed by atoms with Crippen LogP contribution in [0.3, 0.4) is 0 Å². The van der Waals surface area contributed by atoms with Gasteiger partial charge in [0.15, 0.2) is 0 Å². The van der Waals surface area contributed by atoms with Gasteiger partial charge in [-0.3, -0.25) is 0 Å². The van der Waals surface area contributed by atoms with E-state index in [1.54, 1.807) is 6.20 Å². The van der Waals surface area contributed by atoms with Crippen molar-refractivity contribution in [3.8, 4) is 0 Å². The van der Waals surface area contributed by atoms with E-state index in [2.05, 4.69) is 37.0 Å². The standard InChI is InChI=1S/C16H19N3S/c1-10-7-11(2)9-13(8-10)19(4)16-14(15(17)20)12(3)5-6-18-16/h5-9H,1-4H3,(H2,17,20). The highest BCUT2D eigenvalue weighted by Gasteiger charge is 2.15. The van der Waals surface area contributed by atoms with Crippen molar-refractivity contribution in [1.82, 2.24) is 4.98 Å². The van der Waals surface area contributed by atoms with E-state index in [1.807, 2.05) is 24.9 Å². The van der Waals surface area contributed by atoms with Gasteiger partial charge in [0.05, 0.1) is 5.56 Å². The Morgan fingerprint density at radius 3 is 2.30 bits per heavy atom. The highest BCUT2D eigenvalue weighted by Crippen LogP contribution is 2.28. The Hall–Kier alpha value is -1.94. The molecule has 0 bridgehead atoms. The first-order chi connectivity index (χ1) is 9.40. The summed E-state index contributed by atoms with van der Waals surface area (Å²) < 4.78 is 0. The number of thiocarbonyl (C=S) groups is 1. The summed E-state index contributed by atoms with van der Waals surface area (Å²) in [7, 11) is 1.98. The molecule has 2 N–H and O–H groups in total. The quantitative estimate of drug-likeness (QED) is 0.878. The van der Waals surface area contributed by atoms with E-state index >= 15 is 0 Å². The lowest BCUT2D eigenvalue weighted by molar-refractivity contribution is 1.10. The number of hydrogen-bond donors (Lipinski definition) is 1. The molecular weight excluding hydrogens is 266 g/mol. The molecule has 0 atom stereocenters. The molecule has 20 heavy (non-hydrogen) atoms. The maximum Gasteiger partial charge on any atom is 0.143 e. The molecule has 0 saturated carbocycles. The smallest absolute Gasteiger partial charge is 0.143 e. The number of benzene rings is 1. The Bertz CT molecular complexity index is 645. The molecule has 1 heterocycles. The third kappa shape index (κ3) is 2.80. The Morgan fingerprint density at radius 1 is 1.15 bits per heavy atom. The summed E-state index contributed by atoms with van der Waals surface area (Å²) in [5, 5.41) is 0. The van der Waals surface area contributed by atoms with E-state index in [0.29, 0.717) is 4.99 Å². The van der Waals surface area contributed by atoms with Gasteiger partial charge in [-0.25, -0.2) is 4.98 Å². The maximum atomic E-state index is 5.86. The second-order valence-electron chi connectivity index (χ2n) is 5.10. The summed E-state index contributed by atoms with van der Waals surface area (Å²) in [5.74, 6) is 0.794. The van der Waals surface area contributed by atoms with Crippen LogP contribution in [0.5, 0.6) is 0 Å². The molecule has 2 aromatic rings. The second kappa shape index (κ2) is 5.59. The molecule has 0 spiro atoms. The number of pyridine rings is 1. The van der Waals surface area contributed by atoms with E-state index in [1.165, 1.54) is 11.1 Å². The summed E-state index contributed by atoms with van der Waals surface area (Å²) in [4.78, 5) is 6.86. The van der Waals surface area contributed by atoms with Crippen molar-refractivity contribution in [2.45, 2.75) is 20.8 Å². The van der Waals surface area contributed by atoms with Gasteiger partial charge in [0.1, 0.15) is 10.8 Å². The summed E-state index contributed by atoms with van der Waals surface area (Å²) in [6.45, 7) is 6.17. The van der Waals surface area contributed by atoms with Crippen molar-refractivity contribution in [1.29, 1.82) is 0 Å². The summed E-state index contributed by atoms with van der Waals surface area (Å²) in [6, 6.07) is 8.32. The minimum absolute atomic E-state index is 0.377. The van der Waals surface area contributed by atoms with E-state index in [9.17, 15) is 0 Å². The van der Waals surface area contributed by atoms with Crippen molar-refractivity contribution in [2.75, 3.05) is 11.9 Å². The molecule has 1 aromatic heterocycles. The molecule has 0 aliphatic carbocycles. The zero-order valence-electron chi connectivity index (χ0n) is 12.3. The maximum absolute atomic E-state index is 5.86. The van der Waals surface area contributed by atoms with Crippen LogP contribution in [-0.2, 0) is 0 Å². The van der Waals surface area contributed by atoms with Gasteiger partial charge in [-0.1, -0.05) is 18.3 Å². The third-order valence-corrected chi connectivity index (χ3v) is 3.50. The number of nitrogens with two attached hydrogens (primary N) is 1. The first kappa shape index (κ1) is 14.5. The van der Waals surface area contributed by atoms with Crippen LogP contribution in [0.15, 0.2) is 30.5 Å². The largest absolute Gasteiger partial charge is 0.389 e. The van der Waals surface area contributed by atoms with Crippen LogP contribution < -0.4 is 10.6 Å². The SMILES string of the molecule is Cc1cc(C)cc(N(C)c2nccc(C)c2C(N)=S)c1. The van der Waals surface area contributed by atoms with Crippen molar-refractivity contribution in [3.05, 3.63) is 52.7 Å².